The second-order valence-electron chi connectivity index (χ2n) is 3.88. The van der Waals surface area contributed by atoms with Gasteiger partial charge in [-0.25, -0.2) is 4.79 Å². The molecule has 6 heteroatoms. The molecular formula is C11H15NO4S. The Morgan fingerprint density at radius 2 is 2.18 bits per heavy atom. The van der Waals surface area contributed by atoms with Crippen molar-refractivity contribution in [2.75, 3.05) is 12.3 Å². The predicted molar refractivity (Wildman–Crippen MR) is 64.4 cm³/mol. The molecular weight excluding hydrogens is 242 g/mol. The van der Waals surface area contributed by atoms with E-state index in [0.717, 1.165) is 11.8 Å². The first-order valence-electron chi connectivity index (χ1n) is 5.31. The van der Waals surface area contributed by atoms with Gasteiger partial charge in [-0.3, -0.25) is 9.59 Å². The highest BCUT2D eigenvalue weighted by atomic mass is 32.2. The highest BCUT2D eigenvalue weighted by molar-refractivity contribution is 8.13. The van der Waals surface area contributed by atoms with Gasteiger partial charge in [0.05, 0.1) is 0 Å². The smallest absolute Gasteiger partial charge is 0.352 e. The summed E-state index contributed by atoms with van der Waals surface area (Å²) in [6.45, 7) is 3.56. The molecule has 1 amide bonds. The van der Waals surface area contributed by atoms with Crippen LogP contribution in [0.4, 0.5) is 0 Å². The summed E-state index contributed by atoms with van der Waals surface area (Å²) in [5.74, 6) is -1.28. The minimum absolute atomic E-state index is 0.0416. The lowest BCUT2D eigenvalue weighted by Crippen LogP contribution is -2.36. The number of aliphatic carboxylic acids is 1. The van der Waals surface area contributed by atoms with Gasteiger partial charge in [0, 0.05) is 25.1 Å². The number of rotatable bonds is 4. The van der Waals surface area contributed by atoms with Crippen LogP contribution in [0.15, 0.2) is 11.8 Å². The molecule has 1 rings (SSSR count). The number of carboxylic acids is 1. The topological polar surface area (TPSA) is 74.7 Å². The van der Waals surface area contributed by atoms with Crippen LogP contribution in [0.2, 0.25) is 0 Å². The van der Waals surface area contributed by atoms with Crippen molar-refractivity contribution >= 4 is 28.8 Å². The molecule has 0 spiro atoms. The number of carbonyl (C=O) groups excluding carboxylic acids is 2. The molecule has 1 N–H and O–H groups in total. The maximum Gasteiger partial charge on any atom is 0.352 e. The Kier molecular flexibility index (Phi) is 4.74. The standard InChI is InChI=1S/C11H15NO4S/c1-7(6-17-8(2)13)10(14)12-5-3-4-9(12)11(15)16/h4,7H,3,5-6H2,1-2H3,(H,15,16). The van der Waals surface area contributed by atoms with Crippen LogP contribution in [0, 0.1) is 5.92 Å². The van der Waals surface area contributed by atoms with Crippen molar-refractivity contribution < 1.29 is 19.5 Å². The van der Waals surface area contributed by atoms with Crippen molar-refractivity contribution in [2.24, 2.45) is 5.92 Å². The zero-order valence-electron chi connectivity index (χ0n) is 9.80. The molecule has 0 bridgehead atoms. The highest BCUT2D eigenvalue weighted by Gasteiger charge is 2.29. The van der Waals surface area contributed by atoms with Gasteiger partial charge in [0.1, 0.15) is 5.70 Å². The van der Waals surface area contributed by atoms with Crippen molar-refractivity contribution in [1.29, 1.82) is 0 Å². The minimum atomic E-state index is -1.08. The van der Waals surface area contributed by atoms with Crippen LogP contribution in [0.1, 0.15) is 20.3 Å². The highest BCUT2D eigenvalue weighted by Crippen LogP contribution is 2.20. The molecule has 0 saturated carbocycles. The van der Waals surface area contributed by atoms with Gasteiger partial charge in [0.2, 0.25) is 5.91 Å². The van der Waals surface area contributed by atoms with Crippen LogP contribution in [0.3, 0.4) is 0 Å². The molecule has 5 nitrogen and oxygen atoms in total. The van der Waals surface area contributed by atoms with Gasteiger partial charge in [-0.2, -0.15) is 0 Å². The van der Waals surface area contributed by atoms with E-state index in [1.807, 2.05) is 0 Å². The van der Waals surface area contributed by atoms with Gasteiger partial charge in [-0.1, -0.05) is 24.8 Å². The van der Waals surface area contributed by atoms with Crippen LogP contribution < -0.4 is 0 Å². The first kappa shape index (κ1) is 13.8. The summed E-state index contributed by atoms with van der Waals surface area (Å²) in [6.07, 6.45) is 2.12. The van der Waals surface area contributed by atoms with E-state index >= 15 is 0 Å². The van der Waals surface area contributed by atoms with E-state index in [2.05, 4.69) is 0 Å². The lowest BCUT2D eigenvalue weighted by Gasteiger charge is -2.21. The Labute approximate surface area is 104 Å². The second kappa shape index (κ2) is 5.86. The summed E-state index contributed by atoms with van der Waals surface area (Å²) in [4.78, 5) is 34.9. The van der Waals surface area contributed by atoms with Crippen molar-refractivity contribution in [3.05, 3.63) is 11.8 Å². The molecule has 0 aliphatic carbocycles. The number of carbonyl (C=O) groups is 3. The fourth-order valence-electron chi connectivity index (χ4n) is 1.57. The molecule has 1 aliphatic rings. The minimum Gasteiger partial charge on any atom is -0.477 e. The summed E-state index contributed by atoms with van der Waals surface area (Å²) in [6, 6.07) is 0. The number of nitrogens with zero attached hydrogens (tertiary/aromatic N) is 1. The van der Waals surface area contributed by atoms with E-state index in [1.54, 1.807) is 13.0 Å². The molecule has 0 aromatic carbocycles. The summed E-state index contributed by atoms with van der Waals surface area (Å²) in [7, 11) is 0. The molecule has 94 valence electrons. The molecule has 0 aromatic heterocycles. The largest absolute Gasteiger partial charge is 0.477 e. The van der Waals surface area contributed by atoms with E-state index in [-0.39, 0.29) is 22.6 Å². The van der Waals surface area contributed by atoms with Crippen molar-refractivity contribution in [3.8, 4) is 0 Å². The number of amides is 1. The third-order valence-corrected chi connectivity index (χ3v) is 3.50. The SMILES string of the molecule is CC(=O)SCC(C)C(=O)N1CCC=C1C(=O)O. The Balaban J connectivity index is 2.61. The first-order chi connectivity index (χ1) is 7.93. The van der Waals surface area contributed by atoms with E-state index in [4.69, 9.17) is 5.11 Å². The number of hydrogen-bond acceptors (Lipinski definition) is 4. The van der Waals surface area contributed by atoms with Crippen LogP contribution in [-0.2, 0) is 14.4 Å². The van der Waals surface area contributed by atoms with Crippen LogP contribution >= 0.6 is 11.8 Å². The van der Waals surface area contributed by atoms with Gasteiger partial charge in [0.25, 0.3) is 0 Å². The summed E-state index contributed by atoms with van der Waals surface area (Å²) in [5, 5.41) is 8.87. The fourth-order valence-corrected chi connectivity index (χ4v) is 2.20. The van der Waals surface area contributed by atoms with Gasteiger partial charge < -0.3 is 10.0 Å². The maximum atomic E-state index is 12.0. The lowest BCUT2D eigenvalue weighted by molar-refractivity contribution is -0.140. The molecule has 0 radical (unpaired) electrons. The number of hydrogen-bond donors (Lipinski definition) is 1. The van der Waals surface area contributed by atoms with Crippen molar-refractivity contribution in [2.45, 2.75) is 20.3 Å². The summed E-state index contributed by atoms with van der Waals surface area (Å²) in [5.41, 5.74) is 0.0506. The maximum absolute atomic E-state index is 12.0. The zero-order chi connectivity index (χ0) is 13.0. The molecule has 0 aromatic rings. The molecule has 17 heavy (non-hydrogen) atoms. The average Bonchev–Trinajstić information content (AvgIpc) is 2.73. The molecule has 1 aliphatic heterocycles. The quantitative estimate of drug-likeness (QED) is 0.816. The second-order valence-corrected chi connectivity index (χ2v) is 5.07. The fraction of sp³-hybridized carbons (Fsp3) is 0.545. The van der Waals surface area contributed by atoms with Gasteiger partial charge in [-0.15, -0.1) is 0 Å². The van der Waals surface area contributed by atoms with Gasteiger partial charge in [-0.05, 0) is 6.42 Å². The summed E-state index contributed by atoms with van der Waals surface area (Å²) >= 11 is 1.08. The Bertz CT molecular complexity index is 378. The molecule has 1 unspecified atom stereocenters. The van der Waals surface area contributed by atoms with E-state index in [1.165, 1.54) is 11.8 Å². The Morgan fingerprint density at radius 3 is 2.71 bits per heavy atom. The van der Waals surface area contributed by atoms with Crippen LogP contribution in [0.25, 0.3) is 0 Å². The predicted octanol–water partition coefficient (Wildman–Crippen LogP) is 1.10. The van der Waals surface area contributed by atoms with E-state index < -0.39 is 5.97 Å². The Morgan fingerprint density at radius 1 is 1.53 bits per heavy atom. The van der Waals surface area contributed by atoms with E-state index in [0.29, 0.717) is 18.7 Å². The van der Waals surface area contributed by atoms with Crippen molar-refractivity contribution in [3.63, 3.8) is 0 Å². The zero-order valence-corrected chi connectivity index (χ0v) is 10.6. The number of carboxylic acid groups (broad SMARTS) is 1. The molecule has 1 atom stereocenters. The monoisotopic (exact) mass is 257 g/mol. The van der Waals surface area contributed by atoms with Crippen LogP contribution in [-0.4, -0.2) is 39.3 Å². The van der Waals surface area contributed by atoms with Gasteiger partial charge in [0.15, 0.2) is 5.12 Å². The molecule has 1 heterocycles. The molecule has 0 fully saturated rings. The van der Waals surface area contributed by atoms with Crippen LogP contribution in [0.5, 0.6) is 0 Å². The first-order valence-corrected chi connectivity index (χ1v) is 6.30. The third-order valence-electron chi connectivity index (χ3n) is 2.42. The van der Waals surface area contributed by atoms with Gasteiger partial charge >= 0.3 is 5.97 Å². The normalized spacial score (nSPS) is 16.6. The summed E-state index contributed by atoms with van der Waals surface area (Å²) < 4.78 is 0. The van der Waals surface area contributed by atoms with Crippen molar-refractivity contribution in [1.82, 2.24) is 4.90 Å². The number of thioether (sulfide) groups is 1. The third kappa shape index (κ3) is 3.59. The average molecular weight is 257 g/mol. The lowest BCUT2D eigenvalue weighted by atomic mass is 10.2. The van der Waals surface area contributed by atoms with E-state index in [9.17, 15) is 14.4 Å². The molecule has 0 saturated heterocycles. The Hall–Kier alpha value is -1.30.